The molecule has 142 valence electrons. The molecule has 0 aliphatic carbocycles. The van der Waals surface area contributed by atoms with Crippen molar-refractivity contribution < 1.29 is 9.59 Å². The van der Waals surface area contributed by atoms with Gasteiger partial charge < -0.3 is 15.1 Å². The molecular formula is C21H26N4O2. The van der Waals surface area contributed by atoms with Crippen LogP contribution in [0.4, 0.5) is 0 Å². The van der Waals surface area contributed by atoms with E-state index >= 15 is 0 Å². The van der Waals surface area contributed by atoms with Gasteiger partial charge >= 0.3 is 0 Å². The lowest BCUT2D eigenvalue weighted by molar-refractivity contribution is 0.0663. The average Bonchev–Trinajstić information content (AvgIpc) is 2.72. The number of rotatable bonds is 6. The Labute approximate surface area is 160 Å². The number of aromatic nitrogens is 1. The first-order valence-corrected chi connectivity index (χ1v) is 9.38. The number of carbonyl (C=O) groups is 2. The Kier molecular flexibility index (Phi) is 6.54. The molecule has 1 aromatic carbocycles. The molecule has 6 heteroatoms. The van der Waals surface area contributed by atoms with Crippen molar-refractivity contribution in [3.8, 4) is 0 Å². The van der Waals surface area contributed by atoms with E-state index in [-0.39, 0.29) is 11.8 Å². The lowest BCUT2D eigenvalue weighted by Gasteiger charge is -2.32. The second kappa shape index (κ2) is 9.28. The Morgan fingerprint density at radius 3 is 2.48 bits per heavy atom. The Morgan fingerprint density at radius 2 is 1.74 bits per heavy atom. The van der Waals surface area contributed by atoms with Crippen LogP contribution in [0.1, 0.15) is 32.7 Å². The molecule has 2 heterocycles. The third-order valence-electron chi connectivity index (χ3n) is 4.81. The predicted molar refractivity (Wildman–Crippen MR) is 105 cm³/mol. The topological polar surface area (TPSA) is 65.5 Å². The van der Waals surface area contributed by atoms with Crippen molar-refractivity contribution in [3.63, 3.8) is 0 Å². The van der Waals surface area contributed by atoms with E-state index in [9.17, 15) is 9.59 Å². The molecule has 0 radical (unpaired) electrons. The number of amides is 2. The van der Waals surface area contributed by atoms with Gasteiger partial charge in [-0.2, -0.15) is 0 Å². The Balaban J connectivity index is 1.51. The van der Waals surface area contributed by atoms with Crippen LogP contribution in [0.15, 0.2) is 48.8 Å². The lowest BCUT2D eigenvalue weighted by Crippen LogP contribution is -2.47. The van der Waals surface area contributed by atoms with Crippen LogP contribution in [-0.2, 0) is 6.42 Å². The van der Waals surface area contributed by atoms with E-state index in [0.29, 0.717) is 30.8 Å². The second-order valence-corrected chi connectivity index (χ2v) is 6.90. The van der Waals surface area contributed by atoms with Crippen molar-refractivity contribution in [3.05, 3.63) is 65.5 Å². The molecule has 27 heavy (non-hydrogen) atoms. The van der Waals surface area contributed by atoms with Gasteiger partial charge in [-0.1, -0.05) is 30.3 Å². The number of pyridine rings is 1. The molecule has 6 nitrogen and oxygen atoms in total. The van der Waals surface area contributed by atoms with Crippen LogP contribution in [0, 0.1) is 0 Å². The minimum atomic E-state index is -0.191. The fourth-order valence-electron chi connectivity index (χ4n) is 3.11. The molecule has 2 aromatic rings. The number of aryl methyl sites for hydroxylation is 1. The van der Waals surface area contributed by atoms with Gasteiger partial charge in [0.1, 0.15) is 0 Å². The molecule has 1 aliphatic rings. The van der Waals surface area contributed by atoms with Gasteiger partial charge in [0.15, 0.2) is 0 Å². The summed E-state index contributed by atoms with van der Waals surface area (Å²) in [4.78, 5) is 33.1. The standard InChI is InChI=1S/C21H26N4O2/c1-24-10-12-25(13-11-24)21(27)19-14-18(15-22-16-19)20(26)23-9-5-8-17-6-3-2-4-7-17/h2-4,6-7,14-16H,5,8-13H2,1H3,(H,23,26). The number of piperazine rings is 1. The first-order valence-electron chi connectivity index (χ1n) is 9.38. The zero-order valence-electron chi connectivity index (χ0n) is 15.7. The molecule has 1 fully saturated rings. The van der Waals surface area contributed by atoms with Crippen LogP contribution >= 0.6 is 0 Å². The maximum atomic E-state index is 12.6. The first kappa shape index (κ1) is 19.0. The van der Waals surface area contributed by atoms with Gasteiger partial charge in [-0.05, 0) is 31.5 Å². The number of hydrogen-bond acceptors (Lipinski definition) is 4. The van der Waals surface area contributed by atoms with E-state index in [1.165, 1.54) is 18.0 Å². The molecule has 1 N–H and O–H groups in total. The molecule has 1 aliphatic heterocycles. The highest BCUT2D eigenvalue weighted by molar-refractivity contribution is 5.99. The third kappa shape index (κ3) is 5.37. The van der Waals surface area contributed by atoms with Crippen LogP contribution in [0.3, 0.4) is 0 Å². The zero-order chi connectivity index (χ0) is 19.1. The van der Waals surface area contributed by atoms with Crippen LogP contribution in [0.2, 0.25) is 0 Å². The summed E-state index contributed by atoms with van der Waals surface area (Å²) >= 11 is 0. The summed E-state index contributed by atoms with van der Waals surface area (Å²) in [5.74, 6) is -0.252. The van der Waals surface area contributed by atoms with Crippen molar-refractivity contribution in [1.82, 2.24) is 20.1 Å². The molecule has 1 aromatic heterocycles. The van der Waals surface area contributed by atoms with Crippen molar-refractivity contribution in [2.75, 3.05) is 39.8 Å². The fraction of sp³-hybridized carbons (Fsp3) is 0.381. The summed E-state index contributed by atoms with van der Waals surface area (Å²) in [6.07, 6.45) is 4.82. The molecule has 0 saturated carbocycles. The highest BCUT2D eigenvalue weighted by Gasteiger charge is 2.21. The molecule has 2 amide bonds. The Morgan fingerprint density at radius 1 is 1.04 bits per heavy atom. The highest BCUT2D eigenvalue weighted by Crippen LogP contribution is 2.09. The Hall–Kier alpha value is -2.73. The number of likely N-dealkylation sites (N-methyl/N-ethyl adjacent to an activating group) is 1. The fourth-order valence-corrected chi connectivity index (χ4v) is 3.11. The van der Waals surface area contributed by atoms with Gasteiger partial charge in [0.25, 0.3) is 11.8 Å². The van der Waals surface area contributed by atoms with Crippen LogP contribution < -0.4 is 5.32 Å². The Bertz CT molecular complexity index is 771. The molecule has 0 bridgehead atoms. The average molecular weight is 366 g/mol. The van der Waals surface area contributed by atoms with E-state index < -0.39 is 0 Å². The van der Waals surface area contributed by atoms with Crippen molar-refractivity contribution in [1.29, 1.82) is 0 Å². The van der Waals surface area contributed by atoms with Crippen LogP contribution in [-0.4, -0.2) is 66.4 Å². The van der Waals surface area contributed by atoms with Gasteiger partial charge in [-0.15, -0.1) is 0 Å². The number of hydrogen-bond donors (Lipinski definition) is 1. The quantitative estimate of drug-likeness (QED) is 0.792. The minimum Gasteiger partial charge on any atom is -0.352 e. The smallest absolute Gasteiger partial charge is 0.255 e. The van der Waals surface area contributed by atoms with Gasteiger partial charge in [-0.3, -0.25) is 14.6 Å². The SMILES string of the molecule is CN1CCN(C(=O)c2cncc(C(=O)NCCCc3ccccc3)c2)CC1. The normalized spacial score (nSPS) is 14.8. The maximum Gasteiger partial charge on any atom is 0.255 e. The van der Waals surface area contributed by atoms with E-state index in [4.69, 9.17) is 0 Å². The summed E-state index contributed by atoms with van der Waals surface area (Å²) < 4.78 is 0. The third-order valence-corrected chi connectivity index (χ3v) is 4.81. The van der Waals surface area contributed by atoms with Gasteiger partial charge in [0.2, 0.25) is 0 Å². The number of nitrogens with one attached hydrogen (secondary N) is 1. The zero-order valence-corrected chi connectivity index (χ0v) is 15.7. The van der Waals surface area contributed by atoms with E-state index in [1.807, 2.05) is 30.1 Å². The molecule has 0 atom stereocenters. The van der Waals surface area contributed by atoms with E-state index in [2.05, 4.69) is 27.3 Å². The van der Waals surface area contributed by atoms with Crippen molar-refractivity contribution in [2.24, 2.45) is 0 Å². The lowest BCUT2D eigenvalue weighted by atomic mass is 10.1. The molecule has 0 spiro atoms. The molecular weight excluding hydrogens is 340 g/mol. The number of carbonyl (C=O) groups excluding carboxylic acids is 2. The molecule has 3 rings (SSSR count). The van der Waals surface area contributed by atoms with Gasteiger partial charge in [-0.25, -0.2) is 0 Å². The number of benzene rings is 1. The molecule has 1 saturated heterocycles. The van der Waals surface area contributed by atoms with E-state index in [1.54, 1.807) is 6.07 Å². The second-order valence-electron chi connectivity index (χ2n) is 6.90. The van der Waals surface area contributed by atoms with Gasteiger partial charge in [0.05, 0.1) is 11.1 Å². The first-order chi connectivity index (χ1) is 13.1. The highest BCUT2D eigenvalue weighted by atomic mass is 16.2. The predicted octanol–water partition coefficient (Wildman–Crippen LogP) is 1.83. The summed E-state index contributed by atoms with van der Waals surface area (Å²) in [6.45, 7) is 3.71. The monoisotopic (exact) mass is 366 g/mol. The maximum absolute atomic E-state index is 12.6. The summed E-state index contributed by atoms with van der Waals surface area (Å²) in [7, 11) is 2.05. The minimum absolute atomic E-state index is 0.0608. The summed E-state index contributed by atoms with van der Waals surface area (Å²) in [5.41, 5.74) is 2.15. The van der Waals surface area contributed by atoms with Crippen molar-refractivity contribution in [2.45, 2.75) is 12.8 Å². The summed E-state index contributed by atoms with van der Waals surface area (Å²) in [5, 5.41) is 2.91. The van der Waals surface area contributed by atoms with Crippen molar-refractivity contribution >= 4 is 11.8 Å². The largest absolute Gasteiger partial charge is 0.352 e. The van der Waals surface area contributed by atoms with Crippen LogP contribution in [0.25, 0.3) is 0 Å². The summed E-state index contributed by atoms with van der Waals surface area (Å²) in [6, 6.07) is 11.8. The van der Waals surface area contributed by atoms with E-state index in [0.717, 1.165) is 25.9 Å². The number of nitrogens with zero attached hydrogens (tertiary/aromatic N) is 3. The van der Waals surface area contributed by atoms with Gasteiger partial charge in [0, 0.05) is 45.1 Å². The van der Waals surface area contributed by atoms with Crippen LogP contribution in [0.5, 0.6) is 0 Å². The molecule has 0 unspecified atom stereocenters.